The molecule has 0 saturated carbocycles. The summed E-state index contributed by atoms with van der Waals surface area (Å²) in [6, 6.07) is 19.0. The zero-order valence-electron chi connectivity index (χ0n) is 11.6. The number of fused-ring (bicyclic) bond motifs is 2. The number of hydrogen-bond donors (Lipinski definition) is 0. The van der Waals surface area contributed by atoms with Crippen LogP contribution in [0.25, 0.3) is 21.5 Å². The molecule has 0 atom stereocenters. The molecule has 3 aromatic rings. The van der Waals surface area contributed by atoms with Crippen molar-refractivity contribution in [2.45, 2.75) is 6.42 Å². The summed E-state index contributed by atoms with van der Waals surface area (Å²) in [6.07, 6.45) is 0.903. The Morgan fingerprint density at radius 2 is 1.55 bits per heavy atom. The van der Waals surface area contributed by atoms with Gasteiger partial charge in [0.05, 0.1) is 6.61 Å². The summed E-state index contributed by atoms with van der Waals surface area (Å²) in [7, 11) is 1.71. The molecule has 2 nitrogen and oxygen atoms in total. The normalized spacial score (nSPS) is 11.1. The minimum Gasteiger partial charge on any atom is -0.493 e. The van der Waals surface area contributed by atoms with Gasteiger partial charge in [0.15, 0.2) is 0 Å². The van der Waals surface area contributed by atoms with Gasteiger partial charge in [-0.25, -0.2) is 0 Å². The molecule has 0 aliphatic rings. The smallest absolute Gasteiger partial charge is 0.127 e. The third kappa shape index (κ3) is 2.61. The summed E-state index contributed by atoms with van der Waals surface area (Å²) >= 11 is 0. The van der Waals surface area contributed by atoms with Crippen LogP contribution in [0.2, 0.25) is 0 Å². The fraction of sp³-hybridized carbons (Fsp3) is 0.222. The Hall–Kier alpha value is -2.06. The lowest BCUT2D eigenvalue weighted by molar-refractivity contribution is 0.172. The first-order chi connectivity index (χ1) is 9.88. The van der Waals surface area contributed by atoms with E-state index in [4.69, 9.17) is 9.47 Å². The molecule has 0 fully saturated rings. The molecular formula is C18H18O2. The fourth-order valence-electron chi connectivity index (χ4n) is 2.45. The van der Waals surface area contributed by atoms with Gasteiger partial charge in [0, 0.05) is 25.5 Å². The molecule has 0 aliphatic heterocycles. The molecular weight excluding hydrogens is 248 g/mol. The molecule has 0 spiro atoms. The Labute approximate surface area is 118 Å². The molecule has 0 bridgehead atoms. The Balaban J connectivity index is 1.97. The standard InChI is InChI=1S/C18H18O2/c1-19-10-5-11-20-18-9-4-8-16-12-14-6-2-3-7-15(14)13-17(16)18/h2-4,6-9,12-13H,5,10-11H2,1H3. The van der Waals surface area contributed by atoms with Crippen molar-refractivity contribution in [2.24, 2.45) is 0 Å². The quantitative estimate of drug-likeness (QED) is 0.503. The Bertz CT molecular complexity index is 719. The van der Waals surface area contributed by atoms with Gasteiger partial charge in [-0.05, 0) is 34.4 Å². The van der Waals surface area contributed by atoms with Crippen LogP contribution < -0.4 is 4.74 Å². The van der Waals surface area contributed by atoms with Crippen molar-refractivity contribution in [2.75, 3.05) is 20.3 Å². The van der Waals surface area contributed by atoms with Crippen molar-refractivity contribution in [1.82, 2.24) is 0 Å². The Kier molecular flexibility index (Phi) is 3.84. The SMILES string of the molecule is COCCCOc1cccc2cc3ccccc3cc12. The number of hydrogen-bond acceptors (Lipinski definition) is 2. The molecule has 20 heavy (non-hydrogen) atoms. The van der Waals surface area contributed by atoms with Gasteiger partial charge in [0.1, 0.15) is 5.75 Å². The molecule has 0 unspecified atom stereocenters. The third-order valence-corrected chi connectivity index (χ3v) is 3.46. The van der Waals surface area contributed by atoms with Crippen molar-refractivity contribution in [3.63, 3.8) is 0 Å². The molecule has 0 aromatic heterocycles. The molecule has 0 amide bonds. The van der Waals surface area contributed by atoms with Gasteiger partial charge in [0.25, 0.3) is 0 Å². The molecule has 0 radical (unpaired) electrons. The maximum atomic E-state index is 5.89. The highest BCUT2D eigenvalue weighted by Gasteiger charge is 2.03. The van der Waals surface area contributed by atoms with Crippen LogP contribution in [-0.2, 0) is 4.74 Å². The average molecular weight is 266 g/mol. The van der Waals surface area contributed by atoms with Crippen LogP contribution >= 0.6 is 0 Å². The first-order valence-electron chi connectivity index (χ1n) is 6.92. The second-order valence-corrected chi connectivity index (χ2v) is 4.87. The van der Waals surface area contributed by atoms with Crippen LogP contribution in [0.4, 0.5) is 0 Å². The van der Waals surface area contributed by atoms with Gasteiger partial charge in [0.2, 0.25) is 0 Å². The monoisotopic (exact) mass is 266 g/mol. The highest BCUT2D eigenvalue weighted by atomic mass is 16.5. The molecule has 0 aliphatic carbocycles. The number of ether oxygens (including phenoxy) is 2. The van der Waals surface area contributed by atoms with Crippen LogP contribution in [-0.4, -0.2) is 20.3 Å². The van der Waals surface area contributed by atoms with E-state index in [1.165, 1.54) is 21.5 Å². The maximum absolute atomic E-state index is 5.89. The van der Waals surface area contributed by atoms with Crippen molar-refractivity contribution >= 4 is 21.5 Å². The van der Waals surface area contributed by atoms with Gasteiger partial charge in [-0.1, -0.05) is 36.4 Å². The average Bonchev–Trinajstić information content (AvgIpc) is 2.50. The molecule has 0 N–H and O–H groups in total. The van der Waals surface area contributed by atoms with Crippen LogP contribution in [0.5, 0.6) is 5.75 Å². The minimum absolute atomic E-state index is 0.680. The lowest BCUT2D eigenvalue weighted by Crippen LogP contribution is -2.01. The van der Waals surface area contributed by atoms with E-state index in [1.54, 1.807) is 7.11 Å². The zero-order chi connectivity index (χ0) is 13.8. The molecule has 0 saturated heterocycles. The van der Waals surface area contributed by atoms with E-state index in [1.807, 2.05) is 12.1 Å². The first kappa shape index (κ1) is 12.9. The van der Waals surface area contributed by atoms with Gasteiger partial charge in [-0.15, -0.1) is 0 Å². The van der Waals surface area contributed by atoms with E-state index >= 15 is 0 Å². The highest BCUT2D eigenvalue weighted by molar-refractivity contribution is 6.00. The van der Waals surface area contributed by atoms with Crippen LogP contribution in [0.3, 0.4) is 0 Å². The van der Waals surface area contributed by atoms with E-state index in [9.17, 15) is 0 Å². The van der Waals surface area contributed by atoms with Crippen LogP contribution in [0.1, 0.15) is 6.42 Å². The van der Waals surface area contributed by atoms with Crippen molar-refractivity contribution in [3.05, 3.63) is 54.6 Å². The number of rotatable bonds is 5. The van der Waals surface area contributed by atoms with Gasteiger partial charge >= 0.3 is 0 Å². The lowest BCUT2D eigenvalue weighted by Gasteiger charge is -2.10. The Morgan fingerprint density at radius 1 is 0.800 bits per heavy atom. The lowest BCUT2D eigenvalue weighted by atomic mass is 10.0. The van der Waals surface area contributed by atoms with Crippen LogP contribution in [0, 0.1) is 0 Å². The van der Waals surface area contributed by atoms with Gasteiger partial charge in [-0.2, -0.15) is 0 Å². The summed E-state index contributed by atoms with van der Waals surface area (Å²) in [5, 5.41) is 4.89. The second kappa shape index (κ2) is 5.93. The summed E-state index contributed by atoms with van der Waals surface area (Å²) in [5.41, 5.74) is 0. The number of benzene rings is 3. The Morgan fingerprint density at radius 3 is 2.35 bits per heavy atom. The van der Waals surface area contributed by atoms with E-state index in [-0.39, 0.29) is 0 Å². The topological polar surface area (TPSA) is 18.5 Å². The van der Waals surface area contributed by atoms with E-state index in [0.717, 1.165) is 18.8 Å². The van der Waals surface area contributed by atoms with E-state index in [2.05, 4.69) is 42.5 Å². The van der Waals surface area contributed by atoms with Crippen molar-refractivity contribution < 1.29 is 9.47 Å². The van der Waals surface area contributed by atoms with Gasteiger partial charge in [-0.3, -0.25) is 0 Å². The molecule has 3 rings (SSSR count). The maximum Gasteiger partial charge on any atom is 0.127 e. The van der Waals surface area contributed by atoms with Gasteiger partial charge < -0.3 is 9.47 Å². The summed E-state index contributed by atoms with van der Waals surface area (Å²) in [6.45, 7) is 1.41. The summed E-state index contributed by atoms with van der Waals surface area (Å²) in [5.74, 6) is 0.948. The highest BCUT2D eigenvalue weighted by Crippen LogP contribution is 2.29. The molecule has 102 valence electrons. The third-order valence-electron chi connectivity index (χ3n) is 3.46. The van der Waals surface area contributed by atoms with Crippen molar-refractivity contribution in [3.8, 4) is 5.75 Å². The zero-order valence-corrected chi connectivity index (χ0v) is 11.6. The fourth-order valence-corrected chi connectivity index (χ4v) is 2.45. The first-order valence-corrected chi connectivity index (χ1v) is 6.92. The van der Waals surface area contributed by atoms with Crippen LogP contribution in [0.15, 0.2) is 54.6 Å². The predicted octanol–water partition coefficient (Wildman–Crippen LogP) is 4.41. The van der Waals surface area contributed by atoms with E-state index in [0.29, 0.717) is 6.61 Å². The van der Waals surface area contributed by atoms with Crippen molar-refractivity contribution in [1.29, 1.82) is 0 Å². The molecule has 3 aromatic carbocycles. The summed E-state index contributed by atoms with van der Waals surface area (Å²) in [4.78, 5) is 0. The second-order valence-electron chi connectivity index (χ2n) is 4.87. The molecule has 2 heteroatoms. The molecule has 0 heterocycles. The van der Waals surface area contributed by atoms with E-state index < -0.39 is 0 Å². The largest absolute Gasteiger partial charge is 0.493 e. The number of methoxy groups -OCH3 is 1. The summed E-state index contributed by atoms with van der Waals surface area (Å²) < 4.78 is 10.9. The minimum atomic E-state index is 0.680. The predicted molar refractivity (Wildman–Crippen MR) is 83.4 cm³/mol.